The summed E-state index contributed by atoms with van der Waals surface area (Å²) in [5.41, 5.74) is 6.61. The Bertz CT molecular complexity index is 506. The van der Waals surface area contributed by atoms with Crippen LogP contribution in [0, 0.1) is 17.3 Å². The lowest BCUT2D eigenvalue weighted by Crippen LogP contribution is -2.34. The van der Waals surface area contributed by atoms with E-state index in [0.29, 0.717) is 17.7 Å². The number of hydrogen-bond acceptors (Lipinski definition) is 3. The molecular weight excluding hydrogens is 238 g/mol. The Kier molecular flexibility index (Phi) is 5.08. The fourth-order valence-corrected chi connectivity index (χ4v) is 1.82. The van der Waals surface area contributed by atoms with Gasteiger partial charge < -0.3 is 10.6 Å². The number of rotatable bonds is 2. The molecule has 0 unspecified atom stereocenters. The largest absolute Gasteiger partial charge is 0.341 e. The molecule has 1 heterocycles. The van der Waals surface area contributed by atoms with Crippen molar-refractivity contribution in [2.24, 2.45) is 11.1 Å². The lowest BCUT2D eigenvalue weighted by molar-refractivity contribution is 0.0745. The van der Waals surface area contributed by atoms with Gasteiger partial charge in [0.25, 0.3) is 5.91 Å². The van der Waals surface area contributed by atoms with Crippen molar-refractivity contribution in [2.75, 3.05) is 20.1 Å². The van der Waals surface area contributed by atoms with Crippen LogP contribution >= 0.6 is 0 Å². The van der Waals surface area contributed by atoms with E-state index in [0.717, 1.165) is 0 Å². The molecule has 102 valence electrons. The molecule has 0 saturated carbocycles. The molecule has 1 amide bonds. The Morgan fingerprint density at radius 2 is 2.16 bits per heavy atom. The van der Waals surface area contributed by atoms with Crippen LogP contribution in [0.2, 0.25) is 0 Å². The minimum atomic E-state index is -0.0429. The van der Waals surface area contributed by atoms with Crippen molar-refractivity contribution >= 4 is 5.91 Å². The maximum Gasteiger partial charge on any atom is 0.254 e. The molecule has 0 saturated heterocycles. The van der Waals surface area contributed by atoms with Crippen molar-refractivity contribution in [2.45, 2.75) is 20.8 Å². The van der Waals surface area contributed by atoms with Crippen molar-refractivity contribution < 1.29 is 4.79 Å². The molecule has 0 fully saturated rings. The van der Waals surface area contributed by atoms with Crippen LogP contribution in [0.15, 0.2) is 18.5 Å². The monoisotopic (exact) mass is 259 g/mol. The Morgan fingerprint density at radius 3 is 2.74 bits per heavy atom. The van der Waals surface area contributed by atoms with Gasteiger partial charge in [0.15, 0.2) is 0 Å². The van der Waals surface area contributed by atoms with Gasteiger partial charge in [-0.3, -0.25) is 9.78 Å². The lowest BCUT2D eigenvalue weighted by Gasteiger charge is -2.26. The molecule has 0 radical (unpaired) electrons. The van der Waals surface area contributed by atoms with Crippen LogP contribution < -0.4 is 5.73 Å². The van der Waals surface area contributed by atoms with Crippen molar-refractivity contribution in [1.82, 2.24) is 9.88 Å². The average molecular weight is 259 g/mol. The van der Waals surface area contributed by atoms with Gasteiger partial charge in [-0.05, 0) is 11.5 Å². The molecular formula is C15H21N3O. The van der Waals surface area contributed by atoms with Crippen molar-refractivity contribution in [3.8, 4) is 11.8 Å². The second-order valence-corrected chi connectivity index (χ2v) is 5.65. The average Bonchev–Trinajstić information content (AvgIpc) is 2.33. The normalized spacial score (nSPS) is 10.6. The number of carbonyl (C=O) groups excluding carboxylic acids is 1. The summed E-state index contributed by atoms with van der Waals surface area (Å²) in [4.78, 5) is 18.1. The topological polar surface area (TPSA) is 59.2 Å². The van der Waals surface area contributed by atoms with Crippen LogP contribution in [0.5, 0.6) is 0 Å². The summed E-state index contributed by atoms with van der Waals surface area (Å²) in [5, 5.41) is 0. The van der Waals surface area contributed by atoms with Crippen LogP contribution in [0.25, 0.3) is 0 Å². The summed E-state index contributed by atoms with van der Waals surface area (Å²) in [5.74, 6) is 5.60. The standard InChI is InChI=1S/C15H21N3O/c1-15(2,3)11-18(4)14(19)13-7-9-17-10-12(13)6-5-8-16/h7,9-10H,8,11,16H2,1-4H3. The van der Waals surface area contributed by atoms with Crippen LogP contribution in [-0.2, 0) is 0 Å². The SMILES string of the molecule is CN(CC(C)(C)C)C(=O)c1ccncc1C#CCN. The van der Waals surface area contributed by atoms with Crippen LogP contribution in [-0.4, -0.2) is 35.9 Å². The molecule has 0 atom stereocenters. The molecule has 1 aromatic heterocycles. The highest BCUT2D eigenvalue weighted by Crippen LogP contribution is 2.16. The zero-order valence-electron chi connectivity index (χ0n) is 12.0. The summed E-state index contributed by atoms with van der Waals surface area (Å²) in [6.45, 7) is 7.23. The predicted molar refractivity (Wildman–Crippen MR) is 76.6 cm³/mol. The molecule has 0 spiro atoms. The van der Waals surface area contributed by atoms with E-state index >= 15 is 0 Å². The van der Waals surface area contributed by atoms with E-state index in [1.165, 1.54) is 0 Å². The first-order valence-electron chi connectivity index (χ1n) is 6.23. The zero-order chi connectivity index (χ0) is 14.5. The van der Waals surface area contributed by atoms with E-state index in [-0.39, 0.29) is 17.9 Å². The Labute approximate surface area is 115 Å². The molecule has 19 heavy (non-hydrogen) atoms. The number of aromatic nitrogens is 1. The van der Waals surface area contributed by atoms with E-state index in [1.807, 2.05) is 0 Å². The smallest absolute Gasteiger partial charge is 0.254 e. The summed E-state index contributed by atoms with van der Waals surface area (Å²) in [6, 6.07) is 1.70. The number of nitrogens with zero attached hydrogens (tertiary/aromatic N) is 2. The number of carbonyl (C=O) groups is 1. The molecule has 0 bridgehead atoms. The van der Waals surface area contributed by atoms with Gasteiger partial charge in [0, 0.05) is 26.0 Å². The first-order chi connectivity index (χ1) is 8.85. The van der Waals surface area contributed by atoms with Gasteiger partial charge in [0.2, 0.25) is 0 Å². The Morgan fingerprint density at radius 1 is 1.47 bits per heavy atom. The molecule has 0 aromatic carbocycles. The third-order valence-electron chi connectivity index (χ3n) is 2.43. The molecule has 1 rings (SSSR count). The number of hydrogen-bond donors (Lipinski definition) is 1. The van der Waals surface area contributed by atoms with E-state index in [2.05, 4.69) is 37.6 Å². The second-order valence-electron chi connectivity index (χ2n) is 5.65. The second kappa shape index (κ2) is 6.35. The van der Waals surface area contributed by atoms with Crippen molar-refractivity contribution in [3.05, 3.63) is 29.6 Å². The summed E-state index contributed by atoms with van der Waals surface area (Å²) < 4.78 is 0. The van der Waals surface area contributed by atoms with E-state index < -0.39 is 0 Å². The van der Waals surface area contributed by atoms with Crippen molar-refractivity contribution in [1.29, 1.82) is 0 Å². The molecule has 4 heteroatoms. The predicted octanol–water partition coefficient (Wildman–Crippen LogP) is 1.51. The Hall–Kier alpha value is -1.86. The fourth-order valence-electron chi connectivity index (χ4n) is 1.82. The third kappa shape index (κ3) is 4.72. The molecule has 0 aliphatic carbocycles. The zero-order valence-corrected chi connectivity index (χ0v) is 12.0. The Balaban J connectivity index is 2.99. The van der Waals surface area contributed by atoms with Gasteiger partial charge in [-0.25, -0.2) is 0 Å². The van der Waals surface area contributed by atoms with Crippen LogP contribution in [0.1, 0.15) is 36.7 Å². The maximum absolute atomic E-state index is 12.4. The van der Waals surface area contributed by atoms with E-state index in [4.69, 9.17) is 5.73 Å². The lowest BCUT2D eigenvalue weighted by atomic mass is 9.96. The molecule has 2 N–H and O–H groups in total. The van der Waals surface area contributed by atoms with Gasteiger partial charge in [0.1, 0.15) is 0 Å². The number of nitrogens with two attached hydrogens (primary N) is 1. The quantitative estimate of drug-likeness (QED) is 0.819. The van der Waals surface area contributed by atoms with E-state index in [1.54, 1.807) is 30.4 Å². The highest BCUT2D eigenvalue weighted by molar-refractivity contribution is 5.96. The minimum absolute atomic E-state index is 0.0429. The molecule has 0 aliphatic rings. The summed E-state index contributed by atoms with van der Waals surface area (Å²) >= 11 is 0. The number of amides is 1. The summed E-state index contributed by atoms with van der Waals surface area (Å²) in [7, 11) is 1.80. The highest BCUT2D eigenvalue weighted by Gasteiger charge is 2.20. The van der Waals surface area contributed by atoms with Crippen molar-refractivity contribution in [3.63, 3.8) is 0 Å². The number of pyridine rings is 1. The van der Waals surface area contributed by atoms with Gasteiger partial charge >= 0.3 is 0 Å². The van der Waals surface area contributed by atoms with Gasteiger partial charge in [-0.1, -0.05) is 32.6 Å². The minimum Gasteiger partial charge on any atom is -0.341 e. The highest BCUT2D eigenvalue weighted by atomic mass is 16.2. The van der Waals surface area contributed by atoms with Crippen LogP contribution in [0.4, 0.5) is 0 Å². The van der Waals surface area contributed by atoms with Gasteiger partial charge in [0.05, 0.1) is 17.7 Å². The van der Waals surface area contributed by atoms with Gasteiger partial charge in [-0.15, -0.1) is 0 Å². The first-order valence-corrected chi connectivity index (χ1v) is 6.23. The van der Waals surface area contributed by atoms with Crippen LogP contribution in [0.3, 0.4) is 0 Å². The maximum atomic E-state index is 12.4. The molecule has 0 aliphatic heterocycles. The molecule has 4 nitrogen and oxygen atoms in total. The third-order valence-corrected chi connectivity index (χ3v) is 2.43. The van der Waals surface area contributed by atoms with Gasteiger partial charge in [-0.2, -0.15) is 0 Å². The fraction of sp³-hybridized carbons (Fsp3) is 0.467. The summed E-state index contributed by atoms with van der Waals surface area (Å²) in [6.07, 6.45) is 3.20. The molecule has 1 aromatic rings. The van der Waals surface area contributed by atoms with E-state index in [9.17, 15) is 4.79 Å². The first kappa shape index (κ1) is 15.2.